The molecule has 0 spiro atoms. The van der Waals surface area contributed by atoms with Crippen LogP contribution in [0.1, 0.15) is 0 Å². The van der Waals surface area contributed by atoms with E-state index in [4.69, 9.17) is 0 Å². The SMILES string of the molecule is O=c1[nH]cccc1-n1cccn1. The van der Waals surface area contributed by atoms with Gasteiger partial charge in [0.15, 0.2) is 0 Å². The standard InChI is InChI=1S/C8H7N3O/c12-8-7(3-1-4-9-8)11-6-2-5-10-11/h1-6H,(H,9,12). The Bertz CT molecular complexity index is 416. The van der Waals surface area contributed by atoms with Crippen LogP contribution in [-0.2, 0) is 0 Å². The van der Waals surface area contributed by atoms with Gasteiger partial charge in [-0.05, 0) is 18.2 Å². The smallest absolute Gasteiger partial charge is 0.273 e. The summed E-state index contributed by atoms with van der Waals surface area (Å²) in [4.78, 5) is 13.8. The predicted molar refractivity (Wildman–Crippen MR) is 44.2 cm³/mol. The normalized spacial score (nSPS) is 10.0. The minimum Gasteiger partial charge on any atom is -0.327 e. The summed E-state index contributed by atoms with van der Waals surface area (Å²) >= 11 is 0. The van der Waals surface area contributed by atoms with Crippen molar-refractivity contribution >= 4 is 0 Å². The molecule has 0 aliphatic heterocycles. The Morgan fingerprint density at radius 3 is 3.00 bits per heavy atom. The van der Waals surface area contributed by atoms with Crippen LogP contribution in [0.15, 0.2) is 41.6 Å². The van der Waals surface area contributed by atoms with Gasteiger partial charge in [0.25, 0.3) is 5.56 Å². The van der Waals surface area contributed by atoms with Crippen molar-refractivity contribution in [3.05, 3.63) is 47.1 Å². The third-order valence-electron chi connectivity index (χ3n) is 1.55. The average Bonchev–Trinajstić information content (AvgIpc) is 2.57. The summed E-state index contributed by atoms with van der Waals surface area (Å²) in [5, 5.41) is 3.94. The van der Waals surface area contributed by atoms with Crippen LogP contribution in [0.25, 0.3) is 5.69 Å². The van der Waals surface area contributed by atoms with Crippen molar-refractivity contribution in [1.29, 1.82) is 0 Å². The Morgan fingerprint density at radius 2 is 2.33 bits per heavy atom. The van der Waals surface area contributed by atoms with Gasteiger partial charge in [0.2, 0.25) is 0 Å². The van der Waals surface area contributed by atoms with E-state index in [1.807, 2.05) is 0 Å². The van der Waals surface area contributed by atoms with Crippen molar-refractivity contribution in [2.24, 2.45) is 0 Å². The first-order chi connectivity index (χ1) is 5.88. The third kappa shape index (κ3) is 1.03. The Labute approximate surface area is 68.5 Å². The summed E-state index contributed by atoms with van der Waals surface area (Å²) in [7, 11) is 0. The molecule has 0 aliphatic carbocycles. The summed E-state index contributed by atoms with van der Waals surface area (Å²) < 4.78 is 1.53. The lowest BCUT2D eigenvalue weighted by Gasteiger charge is -1.96. The lowest BCUT2D eigenvalue weighted by atomic mass is 10.4. The zero-order chi connectivity index (χ0) is 8.39. The number of aromatic nitrogens is 3. The molecule has 2 heterocycles. The van der Waals surface area contributed by atoms with Crippen LogP contribution in [0.5, 0.6) is 0 Å². The van der Waals surface area contributed by atoms with Crippen LogP contribution in [-0.4, -0.2) is 14.8 Å². The Hall–Kier alpha value is -1.84. The molecule has 1 N–H and O–H groups in total. The largest absolute Gasteiger partial charge is 0.327 e. The highest BCUT2D eigenvalue weighted by Gasteiger charge is 1.98. The minimum absolute atomic E-state index is 0.138. The molecule has 0 atom stereocenters. The maximum atomic E-state index is 11.2. The summed E-state index contributed by atoms with van der Waals surface area (Å²) in [6, 6.07) is 5.25. The quantitative estimate of drug-likeness (QED) is 0.664. The van der Waals surface area contributed by atoms with E-state index < -0.39 is 0 Å². The molecular weight excluding hydrogens is 154 g/mol. The van der Waals surface area contributed by atoms with Crippen molar-refractivity contribution < 1.29 is 0 Å². The molecule has 0 radical (unpaired) electrons. The molecule has 12 heavy (non-hydrogen) atoms. The van der Waals surface area contributed by atoms with Gasteiger partial charge in [-0.15, -0.1) is 0 Å². The second kappa shape index (κ2) is 2.65. The highest BCUT2D eigenvalue weighted by Crippen LogP contribution is 1.95. The van der Waals surface area contributed by atoms with E-state index in [2.05, 4.69) is 10.1 Å². The van der Waals surface area contributed by atoms with Gasteiger partial charge in [-0.2, -0.15) is 5.10 Å². The molecule has 0 amide bonds. The topological polar surface area (TPSA) is 50.7 Å². The minimum atomic E-state index is -0.138. The number of H-pyrrole nitrogens is 1. The van der Waals surface area contributed by atoms with E-state index in [0.29, 0.717) is 5.69 Å². The number of hydrogen-bond donors (Lipinski definition) is 1. The van der Waals surface area contributed by atoms with Crippen molar-refractivity contribution in [3.8, 4) is 5.69 Å². The van der Waals surface area contributed by atoms with E-state index in [9.17, 15) is 4.79 Å². The lowest BCUT2D eigenvalue weighted by molar-refractivity contribution is 0.863. The van der Waals surface area contributed by atoms with E-state index >= 15 is 0 Å². The fourth-order valence-corrected chi connectivity index (χ4v) is 1.00. The maximum absolute atomic E-state index is 11.2. The molecule has 60 valence electrons. The fourth-order valence-electron chi connectivity index (χ4n) is 1.00. The molecule has 0 saturated carbocycles. The van der Waals surface area contributed by atoms with E-state index in [1.54, 1.807) is 36.8 Å². The highest BCUT2D eigenvalue weighted by molar-refractivity contribution is 5.25. The Morgan fingerprint density at radius 1 is 1.42 bits per heavy atom. The van der Waals surface area contributed by atoms with Gasteiger partial charge in [-0.1, -0.05) is 0 Å². The first-order valence-corrected chi connectivity index (χ1v) is 3.55. The second-order valence-corrected chi connectivity index (χ2v) is 2.34. The highest BCUT2D eigenvalue weighted by atomic mass is 16.1. The monoisotopic (exact) mass is 161 g/mol. The van der Waals surface area contributed by atoms with Crippen molar-refractivity contribution in [2.45, 2.75) is 0 Å². The molecule has 0 saturated heterocycles. The van der Waals surface area contributed by atoms with Crippen molar-refractivity contribution in [2.75, 3.05) is 0 Å². The van der Waals surface area contributed by atoms with E-state index in [-0.39, 0.29) is 5.56 Å². The fraction of sp³-hybridized carbons (Fsp3) is 0. The summed E-state index contributed by atoms with van der Waals surface area (Å²) in [6.07, 6.45) is 4.95. The van der Waals surface area contributed by atoms with Crippen LogP contribution in [0.4, 0.5) is 0 Å². The molecule has 4 nitrogen and oxygen atoms in total. The van der Waals surface area contributed by atoms with Gasteiger partial charge in [-0.25, -0.2) is 4.68 Å². The predicted octanol–water partition coefficient (Wildman–Crippen LogP) is 0.561. The van der Waals surface area contributed by atoms with Crippen LogP contribution in [0, 0.1) is 0 Å². The number of pyridine rings is 1. The van der Waals surface area contributed by atoms with E-state index in [1.165, 1.54) is 4.68 Å². The zero-order valence-electron chi connectivity index (χ0n) is 6.27. The number of rotatable bonds is 1. The van der Waals surface area contributed by atoms with Gasteiger partial charge < -0.3 is 4.98 Å². The molecule has 2 aromatic rings. The van der Waals surface area contributed by atoms with Crippen molar-refractivity contribution in [1.82, 2.24) is 14.8 Å². The molecule has 0 fully saturated rings. The van der Waals surface area contributed by atoms with Crippen LogP contribution < -0.4 is 5.56 Å². The molecule has 2 rings (SSSR count). The summed E-state index contributed by atoms with van der Waals surface area (Å²) in [5.41, 5.74) is 0.392. The van der Waals surface area contributed by atoms with Crippen LogP contribution in [0.3, 0.4) is 0 Å². The second-order valence-electron chi connectivity index (χ2n) is 2.34. The lowest BCUT2D eigenvalue weighted by Crippen LogP contribution is -2.13. The Balaban J connectivity index is 2.63. The number of aromatic amines is 1. The first-order valence-electron chi connectivity index (χ1n) is 3.55. The molecule has 4 heteroatoms. The molecular formula is C8H7N3O. The number of nitrogens with zero attached hydrogens (tertiary/aromatic N) is 2. The third-order valence-corrected chi connectivity index (χ3v) is 1.55. The van der Waals surface area contributed by atoms with Gasteiger partial charge >= 0.3 is 0 Å². The first kappa shape index (κ1) is 6.84. The Kier molecular flexibility index (Phi) is 1.51. The van der Waals surface area contributed by atoms with Crippen molar-refractivity contribution in [3.63, 3.8) is 0 Å². The number of nitrogens with one attached hydrogen (secondary N) is 1. The van der Waals surface area contributed by atoms with Gasteiger partial charge in [0.05, 0.1) is 0 Å². The maximum Gasteiger partial charge on any atom is 0.273 e. The summed E-state index contributed by atoms with van der Waals surface area (Å²) in [6.45, 7) is 0. The average molecular weight is 161 g/mol. The van der Waals surface area contributed by atoms with Gasteiger partial charge in [0, 0.05) is 18.6 Å². The molecule has 0 bridgehead atoms. The molecule has 2 aromatic heterocycles. The number of hydrogen-bond acceptors (Lipinski definition) is 2. The molecule has 0 unspecified atom stereocenters. The molecule has 0 aliphatic rings. The molecule has 0 aromatic carbocycles. The van der Waals surface area contributed by atoms with E-state index in [0.717, 1.165) is 0 Å². The summed E-state index contributed by atoms with van der Waals surface area (Å²) in [5.74, 6) is 0. The van der Waals surface area contributed by atoms with Gasteiger partial charge in [-0.3, -0.25) is 4.79 Å². The van der Waals surface area contributed by atoms with Gasteiger partial charge in [0.1, 0.15) is 5.69 Å². The zero-order valence-corrected chi connectivity index (χ0v) is 6.27. The van der Waals surface area contributed by atoms with Crippen LogP contribution >= 0.6 is 0 Å². The van der Waals surface area contributed by atoms with Crippen LogP contribution in [0.2, 0.25) is 0 Å².